The molecule has 1 aromatic carbocycles. The molecule has 0 bridgehead atoms. The average Bonchev–Trinajstić information content (AvgIpc) is 2.17. The number of nitrogen functional groups attached to an aromatic ring is 1. The number of hydrogen-bond donors (Lipinski definition) is 1. The lowest BCUT2D eigenvalue weighted by Gasteiger charge is -2.17. The molecule has 2 N–H and O–H groups in total. The summed E-state index contributed by atoms with van der Waals surface area (Å²) in [6.07, 6.45) is 0.764. The Bertz CT molecular complexity index is 306. The van der Waals surface area contributed by atoms with Gasteiger partial charge in [0.1, 0.15) is 13.8 Å². The minimum atomic E-state index is -1.36. The summed E-state index contributed by atoms with van der Waals surface area (Å²) >= 11 is 0. The van der Waals surface area contributed by atoms with Crippen LogP contribution in [0.1, 0.15) is 0 Å². The minimum absolute atomic E-state index is 0.762. The van der Waals surface area contributed by atoms with E-state index in [-0.39, 0.29) is 0 Å². The van der Waals surface area contributed by atoms with Crippen molar-refractivity contribution in [3.05, 3.63) is 36.5 Å². The summed E-state index contributed by atoms with van der Waals surface area (Å²) in [6, 6.07) is 7.47. The van der Waals surface area contributed by atoms with E-state index >= 15 is 0 Å². The van der Waals surface area contributed by atoms with Crippen LogP contribution in [0.3, 0.4) is 0 Å². The van der Waals surface area contributed by atoms with Crippen molar-refractivity contribution in [1.29, 1.82) is 0 Å². The van der Waals surface area contributed by atoms with Crippen LogP contribution in [0.25, 0.3) is 0 Å². The van der Waals surface area contributed by atoms with E-state index in [0.29, 0.717) is 0 Å². The number of hydrogen-bond acceptors (Lipinski definition) is 2. The van der Waals surface area contributed by atoms with E-state index in [9.17, 15) is 0 Å². The van der Waals surface area contributed by atoms with Crippen LogP contribution in [0, 0.1) is 0 Å². The fourth-order valence-electron chi connectivity index (χ4n) is 0.892. The van der Waals surface area contributed by atoms with Gasteiger partial charge in [-0.25, -0.2) is 0 Å². The molecule has 0 unspecified atom stereocenters. The van der Waals surface area contributed by atoms with Crippen LogP contribution in [0.15, 0.2) is 36.5 Å². The van der Waals surface area contributed by atoms with Crippen molar-refractivity contribution >= 4 is 13.8 Å². The summed E-state index contributed by atoms with van der Waals surface area (Å²) in [7, 11) is -1.36. The molecule has 1 rings (SSSR count). The highest BCUT2D eigenvalue weighted by Crippen LogP contribution is 2.14. The molecule has 0 spiro atoms. The van der Waals surface area contributed by atoms with E-state index in [1.54, 1.807) is 0 Å². The highest BCUT2D eigenvalue weighted by molar-refractivity contribution is 6.82. The molecule has 0 aliphatic carbocycles. The summed E-state index contributed by atoms with van der Waals surface area (Å²) in [5, 5.41) is 0. The molecule has 3 heteroatoms. The molecule has 0 heterocycles. The summed E-state index contributed by atoms with van der Waals surface area (Å²) in [5.41, 5.74) is 8.37. The van der Waals surface area contributed by atoms with Crippen LogP contribution < -0.4 is 10.5 Å². The third-order valence-corrected chi connectivity index (χ3v) is 4.04. The lowest BCUT2D eigenvalue weighted by Crippen LogP contribution is -2.31. The van der Waals surface area contributed by atoms with Gasteiger partial charge in [0, 0.05) is 5.69 Å². The van der Waals surface area contributed by atoms with E-state index in [2.05, 4.69) is 19.7 Å². The SMILES string of the molecule is C=C[Si](C)(C)COc1ccc(N)cc1. The van der Waals surface area contributed by atoms with Gasteiger partial charge >= 0.3 is 0 Å². The summed E-state index contributed by atoms with van der Waals surface area (Å²) in [5.74, 6) is 0.877. The summed E-state index contributed by atoms with van der Waals surface area (Å²) in [6.45, 7) is 8.26. The molecule has 0 saturated heterocycles. The Morgan fingerprint density at radius 2 is 1.93 bits per heavy atom. The second kappa shape index (κ2) is 4.33. The van der Waals surface area contributed by atoms with Gasteiger partial charge in [-0.3, -0.25) is 0 Å². The van der Waals surface area contributed by atoms with Crippen LogP contribution >= 0.6 is 0 Å². The molecule has 0 radical (unpaired) electrons. The Kier molecular flexibility index (Phi) is 3.36. The normalized spacial score (nSPS) is 11.0. The van der Waals surface area contributed by atoms with Gasteiger partial charge in [-0.1, -0.05) is 18.8 Å². The van der Waals surface area contributed by atoms with E-state index in [0.717, 1.165) is 17.7 Å². The van der Waals surface area contributed by atoms with Gasteiger partial charge in [0.15, 0.2) is 0 Å². The lowest BCUT2D eigenvalue weighted by molar-refractivity contribution is 0.379. The lowest BCUT2D eigenvalue weighted by atomic mass is 10.3. The molecule has 76 valence electrons. The molecule has 0 aromatic heterocycles. The van der Waals surface area contributed by atoms with Crippen molar-refractivity contribution in [2.75, 3.05) is 12.0 Å². The Morgan fingerprint density at radius 1 is 1.36 bits per heavy atom. The van der Waals surface area contributed by atoms with E-state index in [1.807, 2.05) is 30.0 Å². The molecule has 0 saturated carbocycles. The van der Waals surface area contributed by atoms with E-state index in [4.69, 9.17) is 10.5 Å². The largest absolute Gasteiger partial charge is 0.497 e. The highest BCUT2D eigenvalue weighted by atomic mass is 28.3. The van der Waals surface area contributed by atoms with Gasteiger partial charge in [-0.05, 0) is 24.3 Å². The predicted molar refractivity (Wildman–Crippen MR) is 64.0 cm³/mol. The smallest absolute Gasteiger partial charge is 0.118 e. The molecule has 0 atom stereocenters. The van der Waals surface area contributed by atoms with E-state index < -0.39 is 8.07 Å². The molecule has 0 fully saturated rings. The first-order chi connectivity index (χ1) is 6.53. The predicted octanol–water partition coefficient (Wildman–Crippen LogP) is 2.62. The number of rotatable bonds is 4. The zero-order valence-corrected chi connectivity index (χ0v) is 9.79. The van der Waals surface area contributed by atoms with Crippen LogP contribution in [-0.2, 0) is 0 Å². The summed E-state index contributed by atoms with van der Waals surface area (Å²) < 4.78 is 5.65. The van der Waals surface area contributed by atoms with Crippen molar-refractivity contribution in [3.63, 3.8) is 0 Å². The van der Waals surface area contributed by atoms with Crippen LogP contribution in [0.4, 0.5) is 5.69 Å². The first-order valence-corrected chi connectivity index (χ1v) is 7.94. The standard InChI is InChI=1S/C11H17NOSi/c1-4-14(2,3)9-13-11-7-5-10(12)6-8-11/h4-8H,1,9,12H2,2-3H3. The maximum atomic E-state index is 5.65. The van der Waals surface area contributed by atoms with Crippen molar-refractivity contribution in [2.24, 2.45) is 0 Å². The monoisotopic (exact) mass is 207 g/mol. The molecule has 1 aromatic rings. The second-order valence-electron chi connectivity index (χ2n) is 4.05. The summed E-state index contributed by atoms with van der Waals surface area (Å²) in [4.78, 5) is 0. The van der Waals surface area contributed by atoms with E-state index in [1.165, 1.54) is 0 Å². The fraction of sp³-hybridized carbons (Fsp3) is 0.273. The molecule has 0 aliphatic rings. The van der Waals surface area contributed by atoms with Gasteiger partial charge in [0.2, 0.25) is 0 Å². The third kappa shape index (κ3) is 3.26. The third-order valence-electron chi connectivity index (χ3n) is 2.04. The van der Waals surface area contributed by atoms with Crippen molar-refractivity contribution < 1.29 is 4.74 Å². The molecular formula is C11H17NOSi. The average molecular weight is 207 g/mol. The Hall–Kier alpha value is -1.22. The topological polar surface area (TPSA) is 35.2 Å². The minimum Gasteiger partial charge on any atom is -0.497 e. The van der Waals surface area contributed by atoms with Gasteiger partial charge in [0.05, 0.1) is 6.23 Å². The van der Waals surface area contributed by atoms with Gasteiger partial charge in [-0.2, -0.15) is 0 Å². The first kappa shape index (κ1) is 10.9. The zero-order valence-electron chi connectivity index (χ0n) is 8.79. The number of anilines is 1. The molecule has 0 aliphatic heterocycles. The Balaban J connectivity index is 2.54. The quantitative estimate of drug-likeness (QED) is 0.608. The van der Waals surface area contributed by atoms with Crippen molar-refractivity contribution in [3.8, 4) is 5.75 Å². The maximum absolute atomic E-state index is 5.65. The van der Waals surface area contributed by atoms with Crippen molar-refractivity contribution in [2.45, 2.75) is 13.1 Å². The first-order valence-electron chi connectivity index (χ1n) is 4.65. The fourth-order valence-corrected chi connectivity index (χ4v) is 1.55. The number of benzene rings is 1. The Labute approximate surface area is 86.4 Å². The molecule has 14 heavy (non-hydrogen) atoms. The van der Waals surface area contributed by atoms with Crippen LogP contribution in [0.2, 0.25) is 13.1 Å². The van der Waals surface area contributed by atoms with Crippen LogP contribution in [-0.4, -0.2) is 14.3 Å². The van der Waals surface area contributed by atoms with Crippen molar-refractivity contribution in [1.82, 2.24) is 0 Å². The Morgan fingerprint density at radius 3 is 2.43 bits per heavy atom. The van der Waals surface area contributed by atoms with Gasteiger partial charge in [-0.15, -0.1) is 6.58 Å². The molecular weight excluding hydrogens is 190 g/mol. The number of ether oxygens (including phenoxy) is 1. The molecule has 2 nitrogen and oxygen atoms in total. The second-order valence-corrected chi connectivity index (χ2v) is 8.72. The van der Waals surface area contributed by atoms with Gasteiger partial charge < -0.3 is 10.5 Å². The zero-order chi connectivity index (χ0) is 10.6. The van der Waals surface area contributed by atoms with Gasteiger partial charge in [0.25, 0.3) is 0 Å². The maximum Gasteiger partial charge on any atom is 0.118 e. The highest BCUT2D eigenvalue weighted by Gasteiger charge is 2.16. The molecule has 0 amide bonds. The number of nitrogens with two attached hydrogens (primary N) is 1. The van der Waals surface area contributed by atoms with Crippen LogP contribution in [0.5, 0.6) is 5.75 Å².